The fourth-order valence-electron chi connectivity index (χ4n) is 4.62. The Morgan fingerprint density at radius 1 is 1.10 bits per heavy atom. The SMILES string of the molecule is CCN1CCCCC1CNC(=NC)NC1CCN(Cc2cc(OC)cc(OC)c2)C1.I. The minimum absolute atomic E-state index is 0. The number of benzene rings is 1. The van der Waals surface area contributed by atoms with Crippen molar-refractivity contribution < 1.29 is 9.47 Å². The Labute approximate surface area is 205 Å². The predicted molar refractivity (Wildman–Crippen MR) is 138 cm³/mol. The van der Waals surface area contributed by atoms with Gasteiger partial charge in [-0.1, -0.05) is 13.3 Å². The molecule has 2 fully saturated rings. The first-order valence-electron chi connectivity index (χ1n) is 11.3. The maximum atomic E-state index is 5.40. The van der Waals surface area contributed by atoms with E-state index in [1.165, 1.54) is 31.4 Å². The molecule has 3 rings (SSSR count). The molecule has 31 heavy (non-hydrogen) atoms. The number of methoxy groups -OCH3 is 2. The third-order valence-electron chi connectivity index (χ3n) is 6.31. The molecule has 1 aromatic carbocycles. The van der Waals surface area contributed by atoms with E-state index in [-0.39, 0.29) is 24.0 Å². The van der Waals surface area contributed by atoms with E-state index in [4.69, 9.17) is 9.47 Å². The van der Waals surface area contributed by atoms with Crippen LogP contribution in [-0.4, -0.2) is 81.8 Å². The number of hydrogen-bond acceptors (Lipinski definition) is 5. The summed E-state index contributed by atoms with van der Waals surface area (Å²) >= 11 is 0. The largest absolute Gasteiger partial charge is 0.497 e. The second-order valence-electron chi connectivity index (χ2n) is 8.32. The monoisotopic (exact) mass is 545 g/mol. The lowest BCUT2D eigenvalue weighted by molar-refractivity contribution is 0.157. The van der Waals surface area contributed by atoms with E-state index in [0.717, 1.165) is 56.6 Å². The van der Waals surface area contributed by atoms with E-state index in [0.29, 0.717) is 12.1 Å². The second kappa shape index (κ2) is 13.3. The van der Waals surface area contributed by atoms with Gasteiger partial charge in [-0.25, -0.2) is 0 Å². The molecule has 0 radical (unpaired) electrons. The van der Waals surface area contributed by atoms with Crippen molar-refractivity contribution in [3.8, 4) is 11.5 Å². The number of guanidine groups is 1. The second-order valence-corrected chi connectivity index (χ2v) is 8.32. The minimum Gasteiger partial charge on any atom is -0.497 e. The highest BCUT2D eigenvalue weighted by atomic mass is 127. The zero-order valence-electron chi connectivity index (χ0n) is 19.5. The molecular formula is C23H40IN5O2. The first-order chi connectivity index (χ1) is 14.6. The lowest BCUT2D eigenvalue weighted by Crippen LogP contribution is -2.51. The summed E-state index contributed by atoms with van der Waals surface area (Å²) in [6.07, 6.45) is 5.06. The maximum Gasteiger partial charge on any atom is 0.191 e. The topological polar surface area (TPSA) is 61.4 Å². The summed E-state index contributed by atoms with van der Waals surface area (Å²) in [5.41, 5.74) is 1.21. The van der Waals surface area contributed by atoms with Crippen molar-refractivity contribution in [2.24, 2.45) is 4.99 Å². The number of hydrogen-bond donors (Lipinski definition) is 2. The molecule has 0 aliphatic carbocycles. The number of halogens is 1. The van der Waals surface area contributed by atoms with Crippen LogP contribution in [0.1, 0.15) is 38.2 Å². The van der Waals surface area contributed by atoms with Crippen molar-refractivity contribution in [1.82, 2.24) is 20.4 Å². The Hall–Kier alpha value is -1.26. The van der Waals surface area contributed by atoms with E-state index in [9.17, 15) is 0 Å². The summed E-state index contributed by atoms with van der Waals surface area (Å²) in [6, 6.07) is 7.13. The third kappa shape index (κ3) is 7.68. The summed E-state index contributed by atoms with van der Waals surface area (Å²) in [5, 5.41) is 7.20. The molecule has 2 unspecified atom stereocenters. The Balaban J connectivity index is 0.00000341. The van der Waals surface area contributed by atoms with E-state index in [1.807, 2.05) is 13.1 Å². The van der Waals surface area contributed by atoms with Crippen LogP contribution in [0.4, 0.5) is 0 Å². The fraction of sp³-hybridized carbons (Fsp3) is 0.696. The van der Waals surface area contributed by atoms with Gasteiger partial charge < -0.3 is 20.1 Å². The lowest BCUT2D eigenvalue weighted by atomic mass is 10.0. The van der Waals surface area contributed by atoms with Crippen molar-refractivity contribution in [3.05, 3.63) is 23.8 Å². The molecular weight excluding hydrogens is 505 g/mol. The van der Waals surface area contributed by atoms with Crippen molar-refractivity contribution in [2.75, 3.05) is 54.0 Å². The van der Waals surface area contributed by atoms with Gasteiger partial charge in [0, 0.05) is 51.4 Å². The average molecular weight is 546 g/mol. The van der Waals surface area contributed by atoms with Crippen LogP contribution in [-0.2, 0) is 6.54 Å². The van der Waals surface area contributed by atoms with Gasteiger partial charge in [0.15, 0.2) is 5.96 Å². The van der Waals surface area contributed by atoms with Gasteiger partial charge in [0.25, 0.3) is 0 Å². The van der Waals surface area contributed by atoms with Gasteiger partial charge in [-0.05, 0) is 50.0 Å². The number of nitrogens with zero attached hydrogens (tertiary/aromatic N) is 3. The quantitative estimate of drug-likeness (QED) is 0.298. The van der Waals surface area contributed by atoms with Crippen molar-refractivity contribution in [1.29, 1.82) is 0 Å². The highest BCUT2D eigenvalue weighted by Gasteiger charge is 2.25. The molecule has 2 saturated heterocycles. The molecule has 0 aromatic heterocycles. The molecule has 2 aliphatic heterocycles. The van der Waals surface area contributed by atoms with Crippen molar-refractivity contribution >= 4 is 29.9 Å². The molecule has 8 heteroatoms. The Morgan fingerprint density at radius 3 is 2.48 bits per heavy atom. The molecule has 2 heterocycles. The summed E-state index contributed by atoms with van der Waals surface area (Å²) in [5.74, 6) is 2.60. The molecule has 2 aliphatic rings. The van der Waals surface area contributed by atoms with Crippen LogP contribution in [0.3, 0.4) is 0 Å². The molecule has 1 aromatic rings. The highest BCUT2D eigenvalue weighted by molar-refractivity contribution is 14.0. The standard InChI is InChI=1S/C23H39N5O2.HI/c1-5-28-10-7-6-8-20(28)15-25-23(24-2)26-19-9-11-27(17-19)16-18-12-21(29-3)14-22(13-18)30-4;/h12-14,19-20H,5-11,15-17H2,1-4H3,(H2,24,25,26);1H. The van der Waals surface area contributed by atoms with E-state index >= 15 is 0 Å². The molecule has 176 valence electrons. The Bertz CT molecular complexity index is 680. The number of rotatable bonds is 8. The van der Waals surface area contributed by atoms with Gasteiger partial charge in [0.05, 0.1) is 14.2 Å². The fourth-order valence-corrected chi connectivity index (χ4v) is 4.62. The number of aliphatic imine (C=N–C) groups is 1. The molecule has 2 atom stereocenters. The van der Waals surface area contributed by atoms with Gasteiger partial charge in [0.2, 0.25) is 0 Å². The van der Waals surface area contributed by atoms with E-state index in [1.54, 1.807) is 14.2 Å². The van der Waals surface area contributed by atoms with Crippen molar-refractivity contribution in [3.63, 3.8) is 0 Å². The molecule has 0 saturated carbocycles. The predicted octanol–water partition coefficient (Wildman–Crippen LogP) is 2.94. The van der Waals surface area contributed by atoms with Crippen LogP contribution in [0.15, 0.2) is 23.2 Å². The van der Waals surface area contributed by atoms with Gasteiger partial charge in [-0.2, -0.15) is 0 Å². The smallest absolute Gasteiger partial charge is 0.191 e. The van der Waals surface area contributed by atoms with Crippen LogP contribution in [0.2, 0.25) is 0 Å². The van der Waals surface area contributed by atoms with Gasteiger partial charge in [-0.15, -0.1) is 24.0 Å². The number of piperidine rings is 1. The molecule has 2 N–H and O–H groups in total. The Morgan fingerprint density at radius 2 is 1.84 bits per heavy atom. The zero-order chi connectivity index (χ0) is 21.3. The summed E-state index contributed by atoms with van der Waals surface area (Å²) < 4.78 is 10.8. The van der Waals surface area contributed by atoms with Crippen LogP contribution >= 0.6 is 24.0 Å². The molecule has 0 amide bonds. The van der Waals surface area contributed by atoms with Crippen LogP contribution in [0, 0.1) is 0 Å². The number of ether oxygens (including phenoxy) is 2. The van der Waals surface area contributed by atoms with Gasteiger partial charge >= 0.3 is 0 Å². The van der Waals surface area contributed by atoms with E-state index in [2.05, 4.69) is 44.5 Å². The number of likely N-dealkylation sites (N-methyl/N-ethyl adjacent to an activating group) is 1. The van der Waals surface area contributed by atoms with Crippen LogP contribution in [0.25, 0.3) is 0 Å². The average Bonchev–Trinajstić information content (AvgIpc) is 3.22. The van der Waals surface area contributed by atoms with Crippen molar-refractivity contribution in [2.45, 2.75) is 51.2 Å². The maximum absolute atomic E-state index is 5.40. The lowest BCUT2D eigenvalue weighted by Gasteiger charge is -2.35. The Kier molecular flexibility index (Phi) is 11.2. The van der Waals surface area contributed by atoms with Crippen LogP contribution in [0.5, 0.6) is 11.5 Å². The highest BCUT2D eigenvalue weighted by Crippen LogP contribution is 2.24. The summed E-state index contributed by atoms with van der Waals surface area (Å²) in [6.45, 7) is 8.55. The van der Waals surface area contributed by atoms with Gasteiger partial charge in [0.1, 0.15) is 11.5 Å². The zero-order valence-corrected chi connectivity index (χ0v) is 21.9. The molecule has 7 nitrogen and oxygen atoms in total. The van der Waals surface area contributed by atoms with Gasteiger partial charge in [-0.3, -0.25) is 14.8 Å². The minimum atomic E-state index is 0. The van der Waals surface area contributed by atoms with E-state index < -0.39 is 0 Å². The summed E-state index contributed by atoms with van der Waals surface area (Å²) in [7, 11) is 5.25. The van der Waals surface area contributed by atoms with Crippen LogP contribution < -0.4 is 20.1 Å². The number of likely N-dealkylation sites (tertiary alicyclic amines) is 2. The normalized spacial score (nSPS) is 22.6. The third-order valence-corrected chi connectivity index (χ3v) is 6.31. The molecule has 0 bridgehead atoms. The first-order valence-corrected chi connectivity index (χ1v) is 11.3. The summed E-state index contributed by atoms with van der Waals surface area (Å²) in [4.78, 5) is 9.52. The number of nitrogens with one attached hydrogen (secondary N) is 2. The molecule has 0 spiro atoms. The first kappa shape index (κ1) is 26.0.